The molecule has 0 aliphatic rings. The summed E-state index contributed by atoms with van der Waals surface area (Å²) in [7, 11) is 5.24. The van der Waals surface area contributed by atoms with Crippen molar-refractivity contribution >= 4 is 5.91 Å². The van der Waals surface area contributed by atoms with Crippen LogP contribution in [0.25, 0.3) is 0 Å². The van der Waals surface area contributed by atoms with Crippen LogP contribution in [-0.2, 0) is 11.3 Å². The standard InChI is InChI=1S/C20H26N2O3/c1-15(17-8-6-5-7-9-17)21-20(23)14-22(2)13-16-10-11-18(24-3)19(12-16)25-4/h5-12,15H,13-14H2,1-4H3,(H,21,23)/p+1/t15-/m0/s1. The van der Waals surface area contributed by atoms with E-state index < -0.39 is 0 Å². The smallest absolute Gasteiger partial charge is 0.275 e. The molecule has 0 saturated carbocycles. The van der Waals surface area contributed by atoms with Gasteiger partial charge in [0.05, 0.1) is 27.3 Å². The Balaban J connectivity index is 1.89. The first-order valence-corrected chi connectivity index (χ1v) is 8.40. The molecule has 2 rings (SSSR count). The molecule has 1 amide bonds. The van der Waals surface area contributed by atoms with Gasteiger partial charge in [-0.25, -0.2) is 0 Å². The molecular weight excluding hydrogens is 316 g/mol. The third kappa shape index (κ3) is 5.50. The van der Waals surface area contributed by atoms with Crippen molar-refractivity contribution in [1.82, 2.24) is 5.32 Å². The number of rotatable bonds is 8. The molecule has 0 aromatic heterocycles. The molecule has 2 atom stereocenters. The summed E-state index contributed by atoms with van der Waals surface area (Å²) >= 11 is 0. The fraction of sp³-hybridized carbons (Fsp3) is 0.350. The largest absolute Gasteiger partial charge is 0.493 e. The number of likely N-dealkylation sites (N-methyl/N-ethyl adjacent to an activating group) is 1. The van der Waals surface area contributed by atoms with Gasteiger partial charge >= 0.3 is 0 Å². The molecule has 2 N–H and O–H groups in total. The van der Waals surface area contributed by atoms with Crippen molar-refractivity contribution in [2.24, 2.45) is 0 Å². The van der Waals surface area contributed by atoms with E-state index in [0.717, 1.165) is 22.6 Å². The van der Waals surface area contributed by atoms with Crippen LogP contribution in [0.4, 0.5) is 0 Å². The van der Waals surface area contributed by atoms with Gasteiger partial charge in [0.1, 0.15) is 6.54 Å². The monoisotopic (exact) mass is 343 g/mol. The maximum atomic E-state index is 12.3. The first-order chi connectivity index (χ1) is 12.0. The number of benzene rings is 2. The number of methoxy groups -OCH3 is 2. The minimum Gasteiger partial charge on any atom is -0.493 e. The zero-order valence-electron chi connectivity index (χ0n) is 15.3. The van der Waals surface area contributed by atoms with Crippen LogP contribution in [0.15, 0.2) is 48.5 Å². The lowest BCUT2D eigenvalue weighted by Crippen LogP contribution is -3.08. The van der Waals surface area contributed by atoms with E-state index in [1.54, 1.807) is 14.2 Å². The van der Waals surface area contributed by atoms with E-state index >= 15 is 0 Å². The minimum absolute atomic E-state index is 0.00239. The summed E-state index contributed by atoms with van der Waals surface area (Å²) in [6, 6.07) is 15.8. The van der Waals surface area contributed by atoms with Gasteiger partial charge in [0.2, 0.25) is 0 Å². The highest BCUT2D eigenvalue weighted by atomic mass is 16.5. The van der Waals surface area contributed by atoms with Crippen LogP contribution in [0.5, 0.6) is 11.5 Å². The summed E-state index contributed by atoms with van der Waals surface area (Å²) in [5.74, 6) is 1.45. The second-order valence-corrected chi connectivity index (χ2v) is 6.20. The molecule has 0 aliphatic carbocycles. The second kappa shape index (κ2) is 9.08. The van der Waals surface area contributed by atoms with E-state index in [1.807, 2.05) is 62.5 Å². The highest BCUT2D eigenvalue weighted by Gasteiger charge is 2.15. The van der Waals surface area contributed by atoms with E-state index in [9.17, 15) is 4.79 Å². The summed E-state index contributed by atoms with van der Waals surface area (Å²) in [5.41, 5.74) is 2.20. The predicted molar refractivity (Wildman–Crippen MR) is 98.0 cm³/mol. The molecule has 0 bridgehead atoms. The second-order valence-electron chi connectivity index (χ2n) is 6.20. The third-order valence-corrected chi connectivity index (χ3v) is 4.09. The van der Waals surface area contributed by atoms with E-state index in [-0.39, 0.29) is 11.9 Å². The van der Waals surface area contributed by atoms with Crippen LogP contribution in [0.3, 0.4) is 0 Å². The number of hydrogen-bond donors (Lipinski definition) is 2. The molecule has 1 unspecified atom stereocenters. The minimum atomic E-state index is 0.00239. The predicted octanol–water partition coefficient (Wildman–Crippen LogP) is 1.60. The highest BCUT2D eigenvalue weighted by Crippen LogP contribution is 2.27. The van der Waals surface area contributed by atoms with Gasteiger partial charge in [-0.3, -0.25) is 4.79 Å². The topological polar surface area (TPSA) is 52.0 Å². The molecule has 0 saturated heterocycles. The average molecular weight is 343 g/mol. The van der Waals surface area contributed by atoms with Gasteiger partial charge < -0.3 is 19.7 Å². The molecule has 0 radical (unpaired) electrons. The lowest BCUT2D eigenvalue weighted by Gasteiger charge is -2.18. The molecule has 134 valence electrons. The number of hydrogen-bond acceptors (Lipinski definition) is 3. The maximum Gasteiger partial charge on any atom is 0.275 e. The summed E-state index contributed by atoms with van der Waals surface area (Å²) in [4.78, 5) is 13.4. The fourth-order valence-corrected chi connectivity index (χ4v) is 2.79. The van der Waals surface area contributed by atoms with E-state index in [4.69, 9.17) is 9.47 Å². The Morgan fingerprint density at radius 1 is 1.08 bits per heavy atom. The third-order valence-electron chi connectivity index (χ3n) is 4.09. The Kier molecular flexibility index (Phi) is 6.83. The van der Waals surface area contributed by atoms with Gasteiger partial charge in [-0.2, -0.15) is 0 Å². The maximum absolute atomic E-state index is 12.3. The Morgan fingerprint density at radius 2 is 1.76 bits per heavy atom. The zero-order valence-corrected chi connectivity index (χ0v) is 15.3. The van der Waals surface area contributed by atoms with Crippen molar-refractivity contribution in [3.05, 3.63) is 59.7 Å². The lowest BCUT2D eigenvalue weighted by molar-refractivity contribution is -0.885. The molecule has 2 aromatic carbocycles. The molecular formula is C20H27N2O3+. The van der Waals surface area contributed by atoms with Crippen molar-refractivity contribution in [3.63, 3.8) is 0 Å². The van der Waals surface area contributed by atoms with Crippen molar-refractivity contribution < 1.29 is 19.2 Å². The van der Waals surface area contributed by atoms with Crippen LogP contribution in [-0.4, -0.2) is 33.7 Å². The van der Waals surface area contributed by atoms with Gasteiger partial charge in [0, 0.05) is 5.56 Å². The Hall–Kier alpha value is -2.53. The van der Waals surface area contributed by atoms with Crippen LogP contribution in [0, 0.1) is 0 Å². The van der Waals surface area contributed by atoms with E-state index in [1.165, 1.54) is 0 Å². The highest BCUT2D eigenvalue weighted by molar-refractivity contribution is 5.77. The molecule has 0 heterocycles. The summed E-state index contributed by atoms with van der Waals surface area (Å²) in [5, 5.41) is 3.05. The van der Waals surface area contributed by atoms with Crippen LogP contribution >= 0.6 is 0 Å². The summed E-state index contributed by atoms with van der Waals surface area (Å²) < 4.78 is 10.6. The Bertz CT molecular complexity index is 689. The Morgan fingerprint density at radius 3 is 2.40 bits per heavy atom. The number of quaternary nitrogens is 1. The molecule has 2 aromatic rings. The van der Waals surface area contributed by atoms with E-state index in [2.05, 4.69) is 5.32 Å². The van der Waals surface area contributed by atoms with Gasteiger partial charge in [0.15, 0.2) is 18.0 Å². The van der Waals surface area contributed by atoms with Crippen LogP contribution in [0.2, 0.25) is 0 Å². The van der Waals surface area contributed by atoms with Gasteiger partial charge in [0.25, 0.3) is 5.91 Å². The van der Waals surface area contributed by atoms with E-state index in [0.29, 0.717) is 18.0 Å². The van der Waals surface area contributed by atoms with Crippen LogP contribution < -0.4 is 19.7 Å². The first kappa shape index (κ1) is 18.8. The lowest BCUT2D eigenvalue weighted by atomic mass is 10.1. The summed E-state index contributed by atoms with van der Waals surface area (Å²) in [6.07, 6.45) is 0. The molecule has 0 fully saturated rings. The van der Waals surface area contributed by atoms with Crippen molar-refractivity contribution in [2.45, 2.75) is 19.5 Å². The number of nitrogens with one attached hydrogen (secondary N) is 2. The van der Waals surface area contributed by atoms with Crippen molar-refractivity contribution in [2.75, 3.05) is 27.8 Å². The van der Waals surface area contributed by atoms with Crippen LogP contribution in [0.1, 0.15) is 24.1 Å². The number of carbonyl (C=O) groups is 1. The average Bonchev–Trinajstić information content (AvgIpc) is 2.62. The first-order valence-electron chi connectivity index (χ1n) is 8.40. The molecule has 25 heavy (non-hydrogen) atoms. The SMILES string of the molecule is COc1ccc(C[NH+](C)CC(=O)N[C@@H](C)c2ccccc2)cc1OC. The molecule has 0 aliphatic heterocycles. The molecule has 5 nitrogen and oxygen atoms in total. The van der Waals surface area contributed by atoms with Gasteiger partial charge in [-0.15, -0.1) is 0 Å². The normalized spacial score (nSPS) is 13.0. The van der Waals surface area contributed by atoms with Crippen molar-refractivity contribution in [1.29, 1.82) is 0 Å². The zero-order chi connectivity index (χ0) is 18.2. The number of carbonyl (C=O) groups excluding carboxylic acids is 1. The van der Waals surface area contributed by atoms with Gasteiger partial charge in [-0.1, -0.05) is 30.3 Å². The quantitative estimate of drug-likeness (QED) is 0.765. The summed E-state index contributed by atoms with van der Waals surface area (Å²) in [6.45, 7) is 3.13. The molecule has 5 heteroatoms. The number of ether oxygens (including phenoxy) is 2. The number of amides is 1. The molecule has 0 spiro atoms. The van der Waals surface area contributed by atoms with Gasteiger partial charge in [-0.05, 0) is 30.7 Å². The fourth-order valence-electron chi connectivity index (χ4n) is 2.79. The van der Waals surface area contributed by atoms with Crippen molar-refractivity contribution in [3.8, 4) is 11.5 Å². The Labute approximate surface area is 149 Å².